The lowest BCUT2D eigenvalue weighted by molar-refractivity contribution is -0.145. The Labute approximate surface area is 116 Å². The second-order valence-corrected chi connectivity index (χ2v) is 6.45. The molecule has 0 aliphatic rings. The Morgan fingerprint density at radius 2 is 1.89 bits per heavy atom. The van der Waals surface area contributed by atoms with E-state index in [2.05, 4.69) is 0 Å². The Morgan fingerprint density at radius 3 is 2.42 bits per heavy atom. The number of hydrogen-bond acceptors (Lipinski definition) is 5. The van der Waals surface area contributed by atoms with E-state index in [-0.39, 0.29) is 18.1 Å². The summed E-state index contributed by atoms with van der Waals surface area (Å²) in [5.41, 5.74) is 1.04. The average Bonchev–Trinajstić information content (AvgIpc) is 2.28. The first-order valence-electron chi connectivity index (χ1n) is 5.60. The van der Waals surface area contributed by atoms with Crippen LogP contribution in [0.15, 0.2) is 17.0 Å². The monoisotopic (exact) mass is 306 g/mol. The van der Waals surface area contributed by atoms with Crippen LogP contribution in [0.1, 0.15) is 18.1 Å². The summed E-state index contributed by atoms with van der Waals surface area (Å²) in [7, 11) is 1.53. The van der Waals surface area contributed by atoms with Crippen molar-refractivity contribution in [3.8, 4) is 5.75 Å². The number of halogens is 1. The van der Waals surface area contributed by atoms with Crippen LogP contribution >= 0.6 is 10.7 Å². The molecule has 0 spiro atoms. The van der Waals surface area contributed by atoms with Crippen LogP contribution in [0, 0.1) is 13.8 Å². The van der Waals surface area contributed by atoms with Crippen LogP contribution in [-0.4, -0.2) is 27.6 Å². The van der Waals surface area contributed by atoms with Crippen LogP contribution in [0.4, 0.5) is 0 Å². The Kier molecular flexibility index (Phi) is 5.20. The van der Waals surface area contributed by atoms with Gasteiger partial charge >= 0.3 is 5.97 Å². The molecule has 0 aliphatic carbocycles. The second kappa shape index (κ2) is 6.25. The summed E-state index contributed by atoms with van der Waals surface area (Å²) < 4.78 is 32.7. The topological polar surface area (TPSA) is 69.7 Å². The number of aryl methyl sites for hydroxylation is 2. The lowest BCUT2D eigenvalue weighted by Gasteiger charge is -2.11. The van der Waals surface area contributed by atoms with Gasteiger partial charge in [-0.15, -0.1) is 0 Å². The highest BCUT2D eigenvalue weighted by molar-refractivity contribution is 8.13. The molecule has 0 saturated carbocycles. The molecule has 0 fully saturated rings. The molecule has 0 unspecified atom stereocenters. The standard InChI is InChI=1S/C12H15ClO5S/c1-4-17-12(14)7-18-10-5-9(3)11(6-8(10)2)19(13,15)16/h5-6H,4,7H2,1-3H3. The van der Waals surface area contributed by atoms with Gasteiger partial charge in [-0.3, -0.25) is 0 Å². The van der Waals surface area contributed by atoms with Crippen molar-refractivity contribution < 1.29 is 22.7 Å². The van der Waals surface area contributed by atoms with E-state index in [1.165, 1.54) is 12.1 Å². The van der Waals surface area contributed by atoms with Gasteiger partial charge in [-0.05, 0) is 44.0 Å². The smallest absolute Gasteiger partial charge is 0.344 e. The van der Waals surface area contributed by atoms with Crippen molar-refractivity contribution >= 4 is 25.7 Å². The van der Waals surface area contributed by atoms with Crippen molar-refractivity contribution in [2.24, 2.45) is 0 Å². The zero-order chi connectivity index (χ0) is 14.6. The Morgan fingerprint density at radius 1 is 1.26 bits per heavy atom. The fourth-order valence-corrected chi connectivity index (χ4v) is 2.78. The summed E-state index contributed by atoms with van der Waals surface area (Å²) >= 11 is 0. The molecule has 1 rings (SSSR count). The average molecular weight is 307 g/mol. The van der Waals surface area contributed by atoms with E-state index in [4.69, 9.17) is 20.2 Å². The maximum atomic E-state index is 11.3. The quantitative estimate of drug-likeness (QED) is 0.616. The molecule has 0 N–H and O–H groups in total. The van der Waals surface area contributed by atoms with Gasteiger partial charge in [0.15, 0.2) is 6.61 Å². The molecule has 0 bridgehead atoms. The minimum absolute atomic E-state index is 0.0372. The summed E-state index contributed by atoms with van der Waals surface area (Å²) in [6.45, 7) is 5.04. The van der Waals surface area contributed by atoms with Gasteiger partial charge < -0.3 is 9.47 Å². The van der Waals surface area contributed by atoms with Gasteiger partial charge in [0.1, 0.15) is 5.75 Å². The van der Waals surface area contributed by atoms with Crippen LogP contribution in [-0.2, 0) is 18.6 Å². The van der Waals surface area contributed by atoms with Crippen molar-refractivity contribution in [2.75, 3.05) is 13.2 Å². The van der Waals surface area contributed by atoms with Crippen molar-refractivity contribution in [3.05, 3.63) is 23.3 Å². The third-order valence-electron chi connectivity index (χ3n) is 2.39. The van der Waals surface area contributed by atoms with Crippen LogP contribution < -0.4 is 4.74 Å². The molecule has 1 aromatic carbocycles. The number of rotatable bonds is 5. The zero-order valence-electron chi connectivity index (χ0n) is 10.9. The lowest BCUT2D eigenvalue weighted by atomic mass is 10.1. The van der Waals surface area contributed by atoms with Gasteiger partial charge in [-0.2, -0.15) is 0 Å². The molecule has 19 heavy (non-hydrogen) atoms. The predicted molar refractivity (Wildman–Crippen MR) is 71.1 cm³/mol. The highest BCUT2D eigenvalue weighted by Crippen LogP contribution is 2.27. The van der Waals surface area contributed by atoms with Gasteiger partial charge in [-0.1, -0.05) is 0 Å². The van der Waals surface area contributed by atoms with E-state index in [0.717, 1.165) is 0 Å². The van der Waals surface area contributed by atoms with E-state index in [1.807, 2.05) is 0 Å². The van der Waals surface area contributed by atoms with Crippen molar-refractivity contribution in [1.29, 1.82) is 0 Å². The first-order chi connectivity index (χ1) is 8.75. The molecule has 7 heteroatoms. The fourth-order valence-electron chi connectivity index (χ4n) is 1.52. The third-order valence-corrected chi connectivity index (χ3v) is 3.85. The summed E-state index contributed by atoms with van der Waals surface area (Å²) in [5, 5.41) is 0. The second-order valence-electron chi connectivity index (χ2n) is 3.91. The highest BCUT2D eigenvalue weighted by Gasteiger charge is 2.16. The van der Waals surface area contributed by atoms with Crippen molar-refractivity contribution in [2.45, 2.75) is 25.7 Å². The summed E-state index contributed by atoms with van der Waals surface area (Å²) in [4.78, 5) is 11.2. The number of ether oxygens (including phenoxy) is 2. The number of esters is 1. The third kappa shape index (κ3) is 4.40. The predicted octanol–water partition coefficient (Wildman–Crippen LogP) is 2.17. The maximum Gasteiger partial charge on any atom is 0.344 e. The SMILES string of the molecule is CCOC(=O)COc1cc(C)c(S(=O)(=O)Cl)cc1C. The lowest BCUT2D eigenvalue weighted by Crippen LogP contribution is -2.15. The summed E-state index contributed by atoms with van der Waals surface area (Å²) in [6, 6.07) is 2.95. The molecular formula is C12H15ClO5S. The Hall–Kier alpha value is -1.27. The summed E-state index contributed by atoms with van der Waals surface area (Å²) in [6.07, 6.45) is 0. The first-order valence-corrected chi connectivity index (χ1v) is 7.91. The van der Waals surface area contributed by atoms with E-state index in [0.29, 0.717) is 16.9 Å². The molecule has 5 nitrogen and oxygen atoms in total. The van der Waals surface area contributed by atoms with Crippen LogP contribution in [0.25, 0.3) is 0 Å². The molecule has 0 amide bonds. The van der Waals surface area contributed by atoms with E-state index < -0.39 is 15.0 Å². The van der Waals surface area contributed by atoms with Gasteiger partial charge in [-0.25, -0.2) is 13.2 Å². The minimum atomic E-state index is -3.79. The normalized spacial score (nSPS) is 11.2. The zero-order valence-corrected chi connectivity index (χ0v) is 12.5. The Balaban J connectivity index is 2.94. The summed E-state index contributed by atoms with van der Waals surface area (Å²) in [5.74, 6) is -0.0526. The van der Waals surface area contributed by atoms with Crippen LogP contribution in [0.5, 0.6) is 5.75 Å². The van der Waals surface area contributed by atoms with Crippen molar-refractivity contribution in [3.63, 3.8) is 0 Å². The maximum absolute atomic E-state index is 11.3. The van der Waals surface area contributed by atoms with E-state index in [9.17, 15) is 13.2 Å². The van der Waals surface area contributed by atoms with E-state index >= 15 is 0 Å². The first kappa shape index (κ1) is 15.8. The van der Waals surface area contributed by atoms with Gasteiger partial charge in [0.05, 0.1) is 11.5 Å². The van der Waals surface area contributed by atoms with E-state index in [1.54, 1.807) is 20.8 Å². The van der Waals surface area contributed by atoms with Crippen molar-refractivity contribution in [1.82, 2.24) is 0 Å². The number of hydrogen-bond donors (Lipinski definition) is 0. The number of carbonyl (C=O) groups is 1. The molecule has 0 saturated heterocycles. The van der Waals surface area contributed by atoms with Gasteiger partial charge in [0.25, 0.3) is 9.05 Å². The van der Waals surface area contributed by atoms with Gasteiger partial charge in [0, 0.05) is 10.7 Å². The number of carbonyl (C=O) groups excluding carboxylic acids is 1. The molecule has 0 radical (unpaired) electrons. The van der Waals surface area contributed by atoms with Crippen LogP contribution in [0.2, 0.25) is 0 Å². The molecule has 0 heterocycles. The highest BCUT2D eigenvalue weighted by atomic mass is 35.7. The molecule has 0 aliphatic heterocycles. The van der Waals surface area contributed by atoms with Gasteiger partial charge in [0.2, 0.25) is 0 Å². The number of benzene rings is 1. The Bertz CT molecular complexity index is 580. The molecule has 1 aromatic rings. The largest absolute Gasteiger partial charge is 0.482 e. The molecule has 106 valence electrons. The molecular weight excluding hydrogens is 292 g/mol. The molecule has 0 aromatic heterocycles. The molecule has 0 atom stereocenters. The fraction of sp³-hybridized carbons (Fsp3) is 0.417. The van der Waals surface area contributed by atoms with Crippen LogP contribution in [0.3, 0.4) is 0 Å². The minimum Gasteiger partial charge on any atom is -0.482 e.